The number of oxime groups is 1. The third kappa shape index (κ3) is 1.83. The van der Waals surface area contributed by atoms with Crippen LogP contribution in [0.1, 0.15) is 18.1 Å². The highest BCUT2D eigenvalue weighted by Gasteiger charge is 2.20. The minimum atomic E-state index is -0.0854. The van der Waals surface area contributed by atoms with E-state index in [0.717, 1.165) is 22.5 Å². The summed E-state index contributed by atoms with van der Waals surface area (Å²) in [5.74, 6) is -0.0854. The van der Waals surface area contributed by atoms with E-state index in [2.05, 4.69) is 10.5 Å². The van der Waals surface area contributed by atoms with Crippen molar-refractivity contribution in [1.29, 1.82) is 0 Å². The minimum Gasteiger partial charge on any atom is -0.411 e. The first kappa shape index (κ1) is 9.71. The number of rotatable bonds is 1. The topological polar surface area (TPSA) is 61.7 Å². The lowest BCUT2D eigenvalue weighted by molar-refractivity contribution is -0.114. The molecular weight excluding hydrogens is 192 g/mol. The summed E-state index contributed by atoms with van der Waals surface area (Å²) in [7, 11) is 0. The van der Waals surface area contributed by atoms with Crippen LogP contribution in [0, 0.1) is 0 Å². The zero-order valence-electron chi connectivity index (χ0n) is 8.45. The van der Waals surface area contributed by atoms with Crippen LogP contribution in [0.5, 0.6) is 0 Å². The highest BCUT2D eigenvalue weighted by atomic mass is 16.4. The van der Waals surface area contributed by atoms with Gasteiger partial charge in [-0.3, -0.25) is 4.79 Å². The van der Waals surface area contributed by atoms with E-state index in [1.54, 1.807) is 0 Å². The molecule has 0 saturated carbocycles. The van der Waals surface area contributed by atoms with E-state index in [0.29, 0.717) is 12.8 Å². The maximum atomic E-state index is 11.0. The quantitative estimate of drug-likeness (QED) is 0.538. The summed E-state index contributed by atoms with van der Waals surface area (Å²) >= 11 is 0. The van der Waals surface area contributed by atoms with Crippen molar-refractivity contribution in [3.05, 3.63) is 29.3 Å². The van der Waals surface area contributed by atoms with Crippen LogP contribution in [0.25, 0.3) is 0 Å². The highest BCUT2D eigenvalue weighted by Crippen LogP contribution is 2.27. The number of carbonyl (C=O) groups is 1. The molecule has 2 N–H and O–H groups in total. The number of benzene rings is 1. The molecule has 1 aliphatic carbocycles. The number of fused-ring (bicyclic) bond motifs is 1. The lowest BCUT2D eigenvalue weighted by atomic mass is 10.1. The molecule has 0 heterocycles. The molecule has 0 saturated heterocycles. The van der Waals surface area contributed by atoms with Crippen LogP contribution in [0.3, 0.4) is 0 Å². The first-order valence-electron chi connectivity index (χ1n) is 4.79. The number of nitrogens with one attached hydrogen (secondary N) is 1. The Morgan fingerprint density at radius 2 is 2.27 bits per heavy atom. The molecule has 4 nitrogen and oxygen atoms in total. The average molecular weight is 204 g/mol. The molecule has 2 rings (SSSR count). The Morgan fingerprint density at radius 3 is 2.93 bits per heavy atom. The lowest BCUT2D eigenvalue weighted by Gasteiger charge is -2.07. The van der Waals surface area contributed by atoms with Gasteiger partial charge in [0.1, 0.15) is 0 Å². The molecule has 1 aromatic rings. The SMILES string of the molecule is CC(=O)Nc1cccc2c1CC(=NO)C2. The molecule has 0 spiro atoms. The first-order chi connectivity index (χ1) is 7.20. The van der Waals surface area contributed by atoms with Crippen molar-refractivity contribution in [3.63, 3.8) is 0 Å². The third-order valence-electron chi connectivity index (χ3n) is 2.50. The van der Waals surface area contributed by atoms with Gasteiger partial charge in [-0.1, -0.05) is 17.3 Å². The molecule has 1 amide bonds. The van der Waals surface area contributed by atoms with Crippen molar-refractivity contribution in [2.24, 2.45) is 5.16 Å². The zero-order chi connectivity index (χ0) is 10.8. The van der Waals surface area contributed by atoms with Crippen LogP contribution in [-0.4, -0.2) is 16.8 Å². The predicted molar refractivity (Wildman–Crippen MR) is 57.4 cm³/mol. The lowest BCUT2D eigenvalue weighted by Crippen LogP contribution is -2.08. The fourth-order valence-electron chi connectivity index (χ4n) is 1.87. The Bertz CT molecular complexity index is 438. The summed E-state index contributed by atoms with van der Waals surface area (Å²) in [5.41, 5.74) is 3.73. The van der Waals surface area contributed by atoms with Crippen molar-refractivity contribution in [2.75, 3.05) is 5.32 Å². The van der Waals surface area contributed by atoms with Gasteiger partial charge in [0.2, 0.25) is 5.91 Å². The van der Waals surface area contributed by atoms with Gasteiger partial charge in [0.05, 0.1) is 5.71 Å². The summed E-state index contributed by atoms with van der Waals surface area (Å²) < 4.78 is 0. The predicted octanol–water partition coefficient (Wildman–Crippen LogP) is 1.57. The fraction of sp³-hybridized carbons (Fsp3) is 0.273. The normalized spacial score (nSPS) is 16.5. The Morgan fingerprint density at radius 1 is 1.47 bits per heavy atom. The second kappa shape index (κ2) is 3.73. The molecule has 0 aromatic heterocycles. The standard InChI is InChI=1S/C11H12N2O2/c1-7(14)12-11-4-2-3-8-5-9(13-15)6-10(8)11/h2-4,15H,5-6H2,1H3,(H,12,14). The molecule has 15 heavy (non-hydrogen) atoms. The van der Waals surface area contributed by atoms with Gasteiger partial charge < -0.3 is 10.5 Å². The molecular formula is C11H12N2O2. The molecule has 0 radical (unpaired) electrons. The van der Waals surface area contributed by atoms with Crippen molar-refractivity contribution in [1.82, 2.24) is 0 Å². The number of hydrogen-bond donors (Lipinski definition) is 2. The number of nitrogens with zero attached hydrogens (tertiary/aromatic N) is 1. The Hall–Kier alpha value is -1.84. The number of anilines is 1. The van der Waals surface area contributed by atoms with Crippen LogP contribution < -0.4 is 5.32 Å². The van der Waals surface area contributed by atoms with Crippen molar-refractivity contribution >= 4 is 17.3 Å². The summed E-state index contributed by atoms with van der Waals surface area (Å²) in [6, 6.07) is 5.74. The van der Waals surface area contributed by atoms with Crippen LogP contribution >= 0.6 is 0 Å². The van der Waals surface area contributed by atoms with Crippen LogP contribution in [-0.2, 0) is 17.6 Å². The Kier molecular flexibility index (Phi) is 2.41. The van der Waals surface area contributed by atoms with E-state index in [9.17, 15) is 4.79 Å². The van der Waals surface area contributed by atoms with Crippen molar-refractivity contribution in [3.8, 4) is 0 Å². The highest BCUT2D eigenvalue weighted by molar-refractivity contribution is 5.97. The average Bonchev–Trinajstić information content (AvgIpc) is 2.61. The summed E-state index contributed by atoms with van der Waals surface area (Å²) in [4.78, 5) is 11.0. The maximum absolute atomic E-state index is 11.0. The molecule has 0 fully saturated rings. The Balaban J connectivity index is 2.37. The monoisotopic (exact) mass is 204 g/mol. The van der Waals surface area contributed by atoms with Gasteiger partial charge in [0.25, 0.3) is 0 Å². The molecule has 0 unspecified atom stereocenters. The third-order valence-corrected chi connectivity index (χ3v) is 2.50. The van der Waals surface area contributed by atoms with Crippen molar-refractivity contribution in [2.45, 2.75) is 19.8 Å². The molecule has 4 heteroatoms. The molecule has 1 aliphatic rings. The van der Waals surface area contributed by atoms with E-state index in [-0.39, 0.29) is 5.91 Å². The van der Waals surface area contributed by atoms with Crippen LogP contribution in [0.15, 0.2) is 23.4 Å². The zero-order valence-corrected chi connectivity index (χ0v) is 8.45. The van der Waals surface area contributed by atoms with Crippen LogP contribution in [0.4, 0.5) is 5.69 Å². The van der Waals surface area contributed by atoms with Gasteiger partial charge >= 0.3 is 0 Å². The molecule has 1 aromatic carbocycles. The fourth-order valence-corrected chi connectivity index (χ4v) is 1.87. The van der Waals surface area contributed by atoms with E-state index in [4.69, 9.17) is 5.21 Å². The van der Waals surface area contributed by atoms with Crippen molar-refractivity contribution < 1.29 is 10.0 Å². The largest absolute Gasteiger partial charge is 0.411 e. The van der Waals surface area contributed by atoms with Gasteiger partial charge in [-0.25, -0.2) is 0 Å². The van der Waals surface area contributed by atoms with Gasteiger partial charge in [-0.2, -0.15) is 0 Å². The van der Waals surface area contributed by atoms with Gasteiger partial charge in [-0.15, -0.1) is 0 Å². The minimum absolute atomic E-state index is 0.0854. The maximum Gasteiger partial charge on any atom is 0.221 e. The molecule has 78 valence electrons. The van der Waals surface area contributed by atoms with E-state index in [1.165, 1.54) is 6.92 Å². The molecule has 0 atom stereocenters. The van der Waals surface area contributed by atoms with Gasteiger partial charge in [0, 0.05) is 25.5 Å². The van der Waals surface area contributed by atoms with E-state index >= 15 is 0 Å². The molecule has 0 aliphatic heterocycles. The number of amides is 1. The number of carbonyl (C=O) groups excluding carboxylic acids is 1. The van der Waals surface area contributed by atoms with Crippen LogP contribution in [0.2, 0.25) is 0 Å². The van der Waals surface area contributed by atoms with E-state index < -0.39 is 0 Å². The molecule has 0 bridgehead atoms. The Labute approximate surface area is 87.6 Å². The van der Waals surface area contributed by atoms with Gasteiger partial charge in [-0.05, 0) is 17.2 Å². The second-order valence-corrected chi connectivity index (χ2v) is 3.64. The number of hydrogen-bond acceptors (Lipinski definition) is 3. The summed E-state index contributed by atoms with van der Waals surface area (Å²) in [6.45, 7) is 1.48. The summed E-state index contributed by atoms with van der Waals surface area (Å²) in [6.07, 6.45) is 1.28. The smallest absolute Gasteiger partial charge is 0.221 e. The van der Waals surface area contributed by atoms with Gasteiger partial charge in [0.15, 0.2) is 0 Å². The summed E-state index contributed by atoms with van der Waals surface area (Å²) in [5, 5.41) is 14.7. The second-order valence-electron chi connectivity index (χ2n) is 3.64. The van der Waals surface area contributed by atoms with E-state index in [1.807, 2.05) is 18.2 Å². The first-order valence-corrected chi connectivity index (χ1v) is 4.79.